The second kappa shape index (κ2) is 8.56. The number of aliphatic imine (C=N–C) groups is 1. The first-order chi connectivity index (χ1) is 12.7. The SMILES string of the molecule is CCNC(=NCc1cccc(N(C)C)n1)NCC1Cc2ccccc2O1. The molecule has 26 heavy (non-hydrogen) atoms. The molecule has 3 rings (SSSR count). The molecule has 1 aromatic carbocycles. The Morgan fingerprint density at radius 1 is 1.19 bits per heavy atom. The highest BCUT2D eigenvalue weighted by Crippen LogP contribution is 2.27. The predicted molar refractivity (Wildman–Crippen MR) is 106 cm³/mol. The molecule has 2 aromatic rings. The van der Waals surface area contributed by atoms with Crippen molar-refractivity contribution in [3.63, 3.8) is 0 Å². The molecule has 2 N–H and O–H groups in total. The highest BCUT2D eigenvalue weighted by atomic mass is 16.5. The molecule has 0 fully saturated rings. The Balaban J connectivity index is 1.57. The smallest absolute Gasteiger partial charge is 0.191 e. The van der Waals surface area contributed by atoms with Crippen molar-refractivity contribution in [2.45, 2.75) is 26.0 Å². The van der Waals surface area contributed by atoms with Gasteiger partial charge in [0.1, 0.15) is 17.7 Å². The monoisotopic (exact) mass is 353 g/mol. The van der Waals surface area contributed by atoms with E-state index in [1.807, 2.05) is 49.3 Å². The quantitative estimate of drug-likeness (QED) is 0.616. The van der Waals surface area contributed by atoms with Gasteiger partial charge in [0.25, 0.3) is 0 Å². The first-order valence-corrected chi connectivity index (χ1v) is 9.05. The molecule has 0 radical (unpaired) electrons. The number of fused-ring (bicyclic) bond motifs is 1. The van der Waals surface area contributed by atoms with Gasteiger partial charge in [-0.15, -0.1) is 0 Å². The largest absolute Gasteiger partial charge is 0.488 e. The van der Waals surface area contributed by atoms with Gasteiger partial charge in [-0.2, -0.15) is 0 Å². The lowest BCUT2D eigenvalue weighted by molar-refractivity contribution is 0.235. The van der Waals surface area contributed by atoms with Crippen molar-refractivity contribution in [1.82, 2.24) is 15.6 Å². The van der Waals surface area contributed by atoms with E-state index in [1.54, 1.807) is 0 Å². The van der Waals surface area contributed by atoms with E-state index in [-0.39, 0.29) is 6.10 Å². The van der Waals surface area contributed by atoms with E-state index in [2.05, 4.69) is 39.7 Å². The number of nitrogens with zero attached hydrogens (tertiary/aromatic N) is 3. The van der Waals surface area contributed by atoms with Gasteiger partial charge in [0.2, 0.25) is 0 Å². The maximum Gasteiger partial charge on any atom is 0.191 e. The van der Waals surface area contributed by atoms with Crippen LogP contribution in [0, 0.1) is 0 Å². The summed E-state index contributed by atoms with van der Waals surface area (Å²) in [6.07, 6.45) is 1.06. The second-order valence-corrected chi connectivity index (χ2v) is 6.51. The number of aromatic nitrogens is 1. The van der Waals surface area contributed by atoms with Crippen LogP contribution < -0.4 is 20.3 Å². The van der Waals surface area contributed by atoms with Crippen LogP contribution in [0.5, 0.6) is 5.75 Å². The van der Waals surface area contributed by atoms with Crippen molar-refractivity contribution in [2.75, 3.05) is 32.1 Å². The summed E-state index contributed by atoms with van der Waals surface area (Å²) in [5, 5.41) is 6.66. The van der Waals surface area contributed by atoms with Crippen molar-refractivity contribution < 1.29 is 4.74 Å². The van der Waals surface area contributed by atoms with Crippen molar-refractivity contribution in [3.8, 4) is 5.75 Å². The number of hydrogen-bond donors (Lipinski definition) is 2. The van der Waals surface area contributed by atoms with Crippen LogP contribution in [-0.4, -0.2) is 44.2 Å². The van der Waals surface area contributed by atoms with Gasteiger partial charge < -0.3 is 20.3 Å². The topological polar surface area (TPSA) is 61.8 Å². The zero-order valence-corrected chi connectivity index (χ0v) is 15.7. The zero-order valence-electron chi connectivity index (χ0n) is 15.7. The van der Waals surface area contributed by atoms with Gasteiger partial charge in [0.15, 0.2) is 5.96 Å². The van der Waals surface area contributed by atoms with E-state index in [0.29, 0.717) is 13.1 Å². The molecule has 6 heteroatoms. The molecule has 2 heterocycles. The minimum absolute atomic E-state index is 0.131. The van der Waals surface area contributed by atoms with Gasteiger partial charge in [-0.05, 0) is 30.7 Å². The Labute approximate surface area is 155 Å². The minimum atomic E-state index is 0.131. The number of guanidine groups is 1. The highest BCUT2D eigenvalue weighted by molar-refractivity contribution is 5.79. The molecular formula is C20H27N5O. The van der Waals surface area contributed by atoms with Crippen LogP contribution in [-0.2, 0) is 13.0 Å². The number of nitrogens with one attached hydrogen (secondary N) is 2. The van der Waals surface area contributed by atoms with E-state index in [4.69, 9.17) is 4.74 Å². The fraction of sp³-hybridized carbons (Fsp3) is 0.400. The lowest BCUT2D eigenvalue weighted by Gasteiger charge is -2.15. The number of para-hydroxylation sites is 1. The van der Waals surface area contributed by atoms with E-state index >= 15 is 0 Å². The van der Waals surface area contributed by atoms with E-state index in [0.717, 1.165) is 36.2 Å². The van der Waals surface area contributed by atoms with Crippen LogP contribution in [0.1, 0.15) is 18.2 Å². The number of hydrogen-bond acceptors (Lipinski definition) is 4. The molecule has 1 aliphatic rings. The molecule has 0 aliphatic carbocycles. The van der Waals surface area contributed by atoms with Gasteiger partial charge in [-0.3, -0.25) is 0 Å². The Bertz CT molecular complexity index is 734. The van der Waals surface area contributed by atoms with E-state index in [9.17, 15) is 0 Å². The first kappa shape index (κ1) is 18.0. The summed E-state index contributed by atoms with van der Waals surface area (Å²) in [4.78, 5) is 11.3. The number of benzene rings is 1. The lowest BCUT2D eigenvalue weighted by atomic mass is 10.1. The summed E-state index contributed by atoms with van der Waals surface area (Å²) in [6, 6.07) is 14.2. The van der Waals surface area contributed by atoms with Gasteiger partial charge in [0.05, 0.1) is 18.8 Å². The predicted octanol–water partition coefficient (Wildman–Crippen LogP) is 2.21. The number of pyridine rings is 1. The van der Waals surface area contributed by atoms with Gasteiger partial charge in [-0.25, -0.2) is 9.98 Å². The fourth-order valence-electron chi connectivity index (χ4n) is 2.88. The van der Waals surface area contributed by atoms with Gasteiger partial charge in [0, 0.05) is 27.1 Å². The number of ether oxygens (including phenoxy) is 1. The summed E-state index contributed by atoms with van der Waals surface area (Å²) in [7, 11) is 3.97. The third kappa shape index (κ3) is 4.65. The number of rotatable bonds is 6. The molecule has 1 atom stereocenters. The Hall–Kier alpha value is -2.76. The average molecular weight is 353 g/mol. The van der Waals surface area contributed by atoms with Crippen LogP contribution in [0.4, 0.5) is 5.82 Å². The van der Waals surface area contributed by atoms with Crippen LogP contribution in [0.25, 0.3) is 0 Å². The summed E-state index contributed by atoms with van der Waals surface area (Å²) in [6.45, 7) is 4.11. The summed E-state index contributed by atoms with van der Waals surface area (Å²) in [5.74, 6) is 2.71. The molecule has 1 aromatic heterocycles. The average Bonchev–Trinajstić information content (AvgIpc) is 3.07. The van der Waals surface area contributed by atoms with Crippen molar-refractivity contribution in [2.24, 2.45) is 4.99 Å². The third-order valence-electron chi connectivity index (χ3n) is 4.20. The van der Waals surface area contributed by atoms with Crippen LogP contribution in [0.15, 0.2) is 47.5 Å². The maximum absolute atomic E-state index is 5.98. The molecule has 138 valence electrons. The van der Waals surface area contributed by atoms with Crippen LogP contribution in [0.2, 0.25) is 0 Å². The summed E-state index contributed by atoms with van der Waals surface area (Å²) in [5.41, 5.74) is 2.21. The van der Waals surface area contributed by atoms with Crippen molar-refractivity contribution in [1.29, 1.82) is 0 Å². The highest BCUT2D eigenvalue weighted by Gasteiger charge is 2.22. The van der Waals surface area contributed by atoms with E-state index < -0.39 is 0 Å². The van der Waals surface area contributed by atoms with E-state index in [1.165, 1.54) is 5.56 Å². The first-order valence-electron chi connectivity index (χ1n) is 9.05. The lowest BCUT2D eigenvalue weighted by Crippen LogP contribution is -2.42. The Morgan fingerprint density at radius 2 is 2.04 bits per heavy atom. The zero-order chi connectivity index (χ0) is 18.4. The minimum Gasteiger partial charge on any atom is -0.488 e. The molecule has 0 bridgehead atoms. The second-order valence-electron chi connectivity index (χ2n) is 6.51. The fourth-order valence-corrected chi connectivity index (χ4v) is 2.88. The van der Waals surface area contributed by atoms with Crippen LogP contribution in [0.3, 0.4) is 0 Å². The Kier molecular flexibility index (Phi) is 5.94. The molecule has 1 unspecified atom stereocenters. The molecule has 6 nitrogen and oxygen atoms in total. The van der Waals surface area contributed by atoms with Gasteiger partial charge in [-0.1, -0.05) is 24.3 Å². The van der Waals surface area contributed by atoms with Crippen LogP contribution >= 0.6 is 0 Å². The van der Waals surface area contributed by atoms with Crippen molar-refractivity contribution >= 4 is 11.8 Å². The molecule has 0 spiro atoms. The third-order valence-corrected chi connectivity index (χ3v) is 4.20. The van der Waals surface area contributed by atoms with Gasteiger partial charge >= 0.3 is 0 Å². The molecule has 0 saturated carbocycles. The Morgan fingerprint density at radius 3 is 2.81 bits per heavy atom. The standard InChI is InChI=1S/C20H27N5O/c1-4-21-20(22-13-16-9-7-11-19(24-16)25(2)3)23-14-17-12-15-8-5-6-10-18(15)26-17/h5-11,17H,4,12-14H2,1-3H3,(H2,21,22,23). The molecule has 0 saturated heterocycles. The molecule has 0 amide bonds. The molecular weight excluding hydrogens is 326 g/mol. The van der Waals surface area contributed by atoms with Crippen molar-refractivity contribution in [3.05, 3.63) is 53.7 Å². The normalized spacial score (nSPS) is 16.0. The number of anilines is 1. The maximum atomic E-state index is 5.98. The molecule has 1 aliphatic heterocycles. The summed E-state index contributed by atoms with van der Waals surface area (Å²) >= 11 is 0. The summed E-state index contributed by atoms with van der Waals surface area (Å²) < 4.78 is 5.98.